The van der Waals surface area contributed by atoms with Gasteiger partial charge in [-0.1, -0.05) is 20.8 Å². The molecule has 1 aromatic heterocycles. The van der Waals surface area contributed by atoms with Crippen molar-refractivity contribution in [3.63, 3.8) is 0 Å². The fourth-order valence-electron chi connectivity index (χ4n) is 3.64. The predicted octanol–water partition coefficient (Wildman–Crippen LogP) is 2.93. The minimum Gasteiger partial charge on any atom is -0.493 e. The lowest BCUT2D eigenvalue weighted by molar-refractivity contribution is 0.129. The van der Waals surface area contributed by atoms with Crippen LogP contribution in [0.2, 0.25) is 0 Å². The first kappa shape index (κ1) is 15.4. The lowest BCUT2D eigenvalue weighted by Crippen LogP contribution is -2.34. The standard InChI is InChI=1S/C16H29N3O/c1-16(2,3)12-7-6-11(9-17)13(8-12)15-14(20-5)10-18-19(15)4/h10-13H,6-9,17H2,1-5H3. The van der Waals surface area contributed by atoms with E-state index in [0.717, 1.165) is 18.2 Å². The molecule has 1 fully saturated rings. The molecule has 4 heteroatoms. The zero-order valence-electron chi connectivity index (χ0n) is 13.5. The Morgan fingerprint density at radius 1 is 1.40 bits per heavy atom. The summed E-state index contributed by atoms with van der Waals surface area (Å²) in [6.45, 7) is 7.78. The third-order valence-corrected chi connectivity index (χ3v) is 5.04. The summed E-state index contributed by atoms with van der Waals surface area (Å²) in [5.41, 5.74) is 7.60. The largest absolute Gasteiger partial charge is 0.493 e. The summed E-state index contributed by atoms with van der Waals surface area (Å²) in [5, 5.41) is 4.37. The Balaban J connectivity index is 2.32. The number of ether oxygens (including phenoxy) is 1. The molecule has 3 atom stereocenters. The third kappa shape index (κ3) is 2.85. The van der Waals surface area contributed by atoms with Gasteiger partial charge in [0.05, 0.1) is 19.0 Å². The summed E-state index contributed by atoms with van der Waals surface area (Å²) < 4.78 is 7.48. The normalized spacial score (nSPS) is 27.6. The molecular weight excluding hydrogens is 250 g/mol. The molecule has 1 aliphatic rings. The van der Waals surface area contributed by atoms with Crippen molar-refractivity contribution in [2.75, 3.05) is 13.7 Å². The maximum Gasteiger partial charge on any atom is 0.160 e. The summed E-state index contributed by atoms with van der Waals surface area (Å²) in [5.74, 6) is 2.64. The first-order valence-corrected chi connectivity index (χ1v) is 7.64. The van der Waals surface area contributed by atoms with E-state index in [9.17, 15) is 0 Å². The van der Waals surface area contributed by atoms with Crippen LogP contribution in [0.15, 0.2) is 6.20 Å². The van der Waals surface area contributed by atoms with Gasteiger partial charge in [0.1, 0.15) is 0 Å². The fraction of sp³-hybridized carbons (Fsp3) is 0.812. The van der Waals surface area contributed by atoms with Crippen molar-refractivity contribution in [1.29, 1.82) is 0 Å². The van der Waals surface area contributed by atoms with Gasteiger partial charge in [-0.3, -0.25) is 4.68 Å². The van der Waals surface area contributed by atoms with E-state index in [1.54, 1.807) is 7.11 Å². The Kier molecular flexibility index (Phi) is 4.43. The van der Waals surface area contributed by atoms with Crippen LogP contribution in [0.5, 0.6) is 5.75 Å². The summed E-state index contributed by atoms with van der Waals surface area (Å²) >= 11 is 0. The van der Waals surface area contributed by atoms with Crippen LogP contribution >= 0.6 is 0 Å². The zero-order chi connectivity index (χ0) is 14.9. The van der Waals surface area contributed by atoms with Gasteiger partial charge < -0.3 is 10.5 Å². The molecule has 0 bridgehead atoms. The second-order valence-electron chi connectivity index (χ2n) is 7.20. The number of rotatable bonds is 3. The van der Waals surface area contributed by atoms with Crippen molar-refractivity contribution in [2.24, 2.45) is 30.0 Å². The number of methoxy groups -OCH3 is 1. The number of hydrogen-bond acceptors (Lipinski definition) is 3. The molecule has 3 unspecified atom stereocenters. The molecule has 1 aromatic rings. The Bertz CT molecular complexity index is 447. The average molecular weight is 279 g/mol. The highest BCUT2D eigenvalue weighted by molar-refractivity contribution is 5.30. The van der Waals surface area contributed by atoms with Gasteiger partial charge in [0, 0.05) is 13.0 Å². The van der Waals surface area contributed by atoms with Crippen molar-refractivity contribution in [1.82, 2.24) is 9.78 Å². The molecule has 1 heterocycles. The first-order chi connectivity index (χ1) is 9.38. The van der Waals surface area contributed by atoms with Gasteiger partial charge in [0.25, 0.3) is 0 Å². The Morgan fingerprint density at radius 2 is 2.10 bits per heavy atom. The molecule has 0 spiro atoms. The second kappa shape index (κ2) is 5.76. The molecule has 2 rings (SSSR count). The Hall–Kier alpha value is -1.03. The Labute approximate surface area is 122 Å². The van der Waals surface area contributed by atoms with Crippen LogP contribution in [-0.2, 0) is 7.05 Å². The summed E-state index contributed by atoms with van der Waals surface area (Å²) in [7, 11) is 3.73. The summed E-state index contributed by atoms with van der Waals surface area (Å²) in [6.07, 6.45) is 5.49. The molecule has 1 aliphatic carbocycles. The molecule has 20 heavy (non-hydrogen) atoms. The minimum absolute atomic E-state index is 0.351. The van der Waals surface area contributed by atoms with Crippen LogP contribution < -0.4 is 10.5 Å². The number of hydrogen-bond donors (Lipinski definition) is 1. The molecule has 4 nitrogen and oxygen atoms in total. The van der Waals surface area contributed by atoms with Gasteiger partial charge >= 0.3 is 0 Å². The topological polar surface area (TPSA) is 53.1 Å². The van der Waals surface area contributed by atoms with Gasteiger partial charge in [0.15, 0.2) is 5.75 Å². The smallest absolute Gasteiger partial charge is 0.160 e. The summed E-state index contributed by atoms with van der Waals surface area (Å²) in [4.78, 5) is 0. The third-order valence-electron chi connectivity index (χ3n) is 5.04. The highest BCUT2D eigenvalue weighted by Gasteiger charge is 2.38. The maximum absolute atomic E-state index is 6.03. The monoisotopic (exact) mass is 279 g/mol. The molecule has 0 saturated heterocycles. The van der Waals surface area contributed by atoms with E-state index >= 15 is 0 Å². The predicted molar refractivity (Wildman–Crippen MR) is 81.8 cm³/mol. The van der Waals surface area contributed by atoms with Crippen molar-refractivity contribution in [3.05, 3.63) is 11.9 Å². The highest BCUT2D eigenvalue weighted by atomic mass is 16.5. The van der Waals surface area contributed by atoms with Crippen LogP contribution in [0.25, 0.3) is 0 Å². The molecule has 0 aliphatic heterocycles. The number of nitrogens with zero attached hydrogens (tertiary/aromatic N) is 2. The second-order valence-corrected chi connectivity index (χ2v) is 7.20. The van der Waals surface area contributed by atoms with E-state index in [1.807, 2.05) is 17.9 Å². The molecule has 114 valence electrons. The van der Waals surface area contributed by atoms with Gasteiger partial charge in [-0.25, -0.2) is 0 Å². The van der Waals surface area contributed by atoms with Crippen LogP contribution in [0.4, 0.5) is 0 Å². The quantitative estimate of drug-likeness (QED) is 0.925. The van der Waals surface area contributed by atoms with Crippen LogP contribution in [-0.4, -0.2) is 23.4 Å². The number of nitrogens with two attached hydrogens (primary N) is 1. The van der Waals surface area contributed by atoms with E-state index < -0.39 is 0 Å². The Morgan fingerprint density at radius 3 is 2.65 bits per heavy atom. The lowest BCUT2D eigenvalue weighted by atomic mass is 9.64. The minimum atomic E-state index is 0.351. The molecular formula is C16H29N3O. The van der Waals surface area contributed by atoms with Crippen molar-refractivity contribution < 1.29 is 4.74 Å². The molecule has 0 aromatic carbocycles. The molecule has 1 saturated carbocycles. The van der Waals surface area contributed by atoms with Crippen molar-refractivity contribution in [2.45, 2.75) is 46.0 Å². The maximum atomic E-state index is 6.03. The van der Waals surface area contributed by atoms with E-state index in [2.05, 4.69) is 25.9 Å². The molecule has 2 N–H and O–H groups in total. The average Bonchev–Trinajstić information content (AvgIpc) is 2.77. The summed E-state index contributed by atoms with van der Waals surface area (Å²) in [6, 6.07) is 0. The van der Waals surface area contributed by atoms with Gasteiger partial charge in [-0.05, 0) is 43.1 Å². The SMILES string of the molecule is COc1cnn(C)c1C1CC(C(C)(C)C)CCC1CN. The lowest BCUT2D eigenvalue weighted by Gasteiger charge is -2.41. The van der Waals surface area contributed by atoms with Crippen molar-refractivity contribution in [3.8, 4) is 5.75 Å². The van der Waals surface area contributed by atoms with E-state index in [0.29, 0.717) is 17.3 Å². The highest BCUT2D eigenvalue weighted by Crippen LogP contribution is 2.48. The first-order valence-electron chi connectivity index (χ1n) is 7.64. The van der Waals surface area contributed by atoms with E-state index in [-0.39, 0.29) is 0 Å². The zero-order valence-corrected chi connectivity index (χ0v) is 13.5. The number of aryl methyl sites for hydroxylation is 1. The fourth-order valence-corrected chi connectivity index (χ4v) is 3.64. The van der Waals surface area contributed by atoms with Crippen LogP contribution in [0.1, 0.15) is 51.6 Å². The molecule has 0 radical (unpaired) electrons. The molecule has 0 amide bonds. The van der Waals surface area contributed by atoms with Crippen LogP contribution in [0, 0.1) is 17.3 Å². The van der Waals surface area contributed by atoms with Gasteiger partial charge in [-0.15, -0.1) is 0 Å². The van der Waals surface area contributed by atoms with E-state index in [1.165, 1.54) is 25.0 Å². The van der Waals surface area contributed by atoms with E-state index in [4.69, 9.17) is 10.5 Å². The number of aromatic nitrogens is 2. The van der Waals surface area contributed by atoms with Crippen LogP contribution in [0.3, 0.4) is 0 Å². The van der Waals surface area contributed by atoms with Gasteiger partial charge in [0.2, 0.25) is 0 Å². The van der Waals surface area contributed by atoms with Crippen molar-refractivity contribution >= 4 is 0 Å². The van der Waals surface area contributed by atoms with Gasteiger partial charge in [-0.2, -0.15) is 5.10 Å².